The average Bonchev–Trinajstić information content (AvgIpc) is 3.43. The normalized spacial score (nSPS) is 12.2. The number of alkyl halides is 3. The Kier molecular flexibility index (Phi) is 7.16. The van der Waals surface area contributed by atoms with E-state index in [1.165, 1.54) is 6.07 Å². The van der Waals surface area contributed by atoms with Gasteiger partial charge in [0, 0.05) is 28.4 Å². The van der Waals surface area contributed by atoms with Gasteiger partial charge >= 0.3 is 6.18 Å². The van der Waals surface area contributed by atoms with Crippen molar-refractivity contribution >= 4 is 21.9 Å². The first-order valence-electron chi connectivity index (χ1n) is 15.4. The van der Waals surface area contributed by atoms with Gasteiger partial charge in [-0.3, -0.25) is 9.55 Å². The fraction of sp³-hybridized carbons (Fsp3) is 0.150. The molecular formula is C40H32F3N3O. The molecule has 4 nitrogen and oxygen atoms in total. The van der Waals surface area contributed by atoms with Gasteiger partial charge in [-0.15, -0.1) is 0 Å². The number of aromatic hydroxyl groups is 1. The van der Waals surface area contributed by atoms with Crippen LogP contribution in [-0.4, -0.2) is 19.6 Å². The third-order valence-corrected chi connectivity index (χ3v) is 8.56. The minimum atomic E-state index is -4.61. The zero-order chi connectivity index (χ0) is 33.1. The van der Waals surface area contributed by atoms with Crippen LogP contribution in [0.1, 0.15) is 37.5 Å². The first-order valence-corrected chi connectivity index (χ1v) is 15.4. The highest BCUT2D eigenvalue weighted by Crippen LogP contribution is 2.42. The minimum Gasteiger partial charge on any atom is -0.507 e. The van der Waals surface area contributed by atoms with Crippen molar-refractivity contribution in [3.8, 4) is 45.1 Å². The summed E-state index contributed by atoms with van der Waals surface area (Å²) in [6.07, 6.45) is -2.87. The molecule has 0 aliphatic rings. The Hall–Kier alpha value is -5.43. The number of imidazole rings is 1. The number of hydrogen-bond acceptors (Lipinski definition) is 3. The van der Waals surface area contributed by atoms with Crippen molar-refractivity contribution in [1.29, 1.82) is 0 Å². The summed E-state index contributed by atoms with van der Waals surface area (Å²) in [5.74, 6) is 0.320. The van der Waals surface area contributed by atoms with E-state index in [4.69, 9.17) is 4.98 Å². The lowest BCUT2D eigenvalue weighted by Crippen LogP contribution is -2.11. The molecule has 7 heteroatoms. The zero-order valence-electron chi connectivity index (χ0n) is 26.4. The van der Waals surface area contributed by atoms with Crippen molar-refractivity contribution in [3.63, 3.8) is 0 Å². The summed E-state index contributed by atoms with van der Waals surface area (Å²) < 4.78 is 45.5. The van der Waals surface area contributed by atoms with E-state index in [9.17, 15) is 18.3 Å². The summed E-state index contributed by atoms with van der Waals surface area (Å²) in [7, 11) is 0. The van der Waals surface area contributed by atoms with Crippen LogP contribution in [-0.2, 0) is 11.6 Å². The van der Waals surface area contributed by atoms with Crippen LogP contribution in [0, 0.1) is 6.92 Å². The summed E-state index contributed by atoms with van der Waals surface area (Å²) in [5.41, 5.74) is 6.41. The summed E-state index contributed by atoms with van der Waals surface area (Å²) in [4.78, 5) is 9.60. The van der Waals surface area contributed by atoms with E-state index in [1.54, 1.807) is 41.1 Å². The number of aryl methyl sites for hydroxylation is 1. The Labute approximate surface area is 270 Å². The van der Waals surface area contributed by atoms with Crippen molar-refractivity contribution in [3.05, 3.63) is 132 Å². The molecule has 0 unspecified atom stereocenters. The number of benzene rings is 5. The van der Waals surface area contributed by atoms with Crippen molar-refractivity contribution in [2.24, 2.45) is 0 Å². The van der Waals surface area contributed by atoms with Gasteiger partial charge < -0.3 is 5.11 Å². The van der Waals surface area contributed by atoms with Gasteiger partial charge in [-0.2, -0.15) is 13.2 Å². The quantitative estimate of drug-likeness (QED) is 0.211. The molecule has 2 aromatic heterocycles. The van der Waals surface area contributed by atoms with Gasteiger partial charge in [0.1, 0.15) is 11.6 Å². The topological polar surface area (TPSA) is 50.9 Å². The molecule has 5 aromatic carbocycles. The van der Waals surface area contributed by atoms with E-state index in [0.717, 1.165) is 39.2 Å². The van der Waals surface area contributed by atoms with Crippen molar-refractivity contribution in [2.75, 3.05) is 0 Å². The fourth-order valence-electron chi connectivity index (χ4n) is 6.19. The Morgan fingerprint density at radius 3 is 2.04 bits per heavy atom. The van der Waals surface area contributed by atoms with E-state index in [-0.39, 0.29) is 16.7 Å². The lowest BCUT2D eigenvalue weighted by molar-refractivity contribution is -0.137. The van der Waals surface area contributed by atoms with Crippen LogP contribution >= 0.6 is 0 Å². The van der Waals surface area contributed by atoms with Crippen LogP contribution in [0.25, 0.3) is 61.3 Å². The SMILES string of the molecule is Cc1cc(-c2cccc(-c3cc(C(F)(F)F)cc4c3nc(-c3ccccc3O)n4-c3ccc(C(C)(C)C)cc3)c2)c2ncccc2c1. The number of rotatable bonds is 4. The maximum Gasteiger partial charge on any atom is 0.416 e. The fourth-order valence-corrected chi connectivity index (χ4v) is 6.19. The molecule has 0 aliphatic carbocycles. The molecule has 0 bridgehead atoms. The molecule has 7 rings (SSSR count). The van der Waals surface area contributed by atoms with Crippen molar-refractivity contribution in [2.45, 2.75) is 39.3 Å². The minimum absolute atomic E-state index is 0.0196. The Morgan fingerprint density at radius 1 is 0.660 bits per heavy atom. The molecule has 0 radical (unpaired) electrons. The average molecular weight is 628 g/mol. The van der Waals surface area contributed by atoms with Crippen molar-refractivity contribution in [1.82, 2.24) is 14.5 Å². The van der Waals surface area contributed by atoms with E-state index in [1.807, 2.05) is 67.6 Å². The van der Waals surface area contributed by atoms with Crippen LogP contribution < -0.4 is 0 Å². The van der Waals surface area contributed by atoms with Gasteiger partial charge in [-0.05, 0) is 95.3 Å². The van der Waals surface area contributed by atoms with Gasteiger partial charge in [0.05, 0.1) is 27.7 Å². The second-order valence-corrected chi connectivity index (χ2v) is 12.9. The molecule has 0 spiro atoms. The lowest BCUT2D eigenvalue weighted by atomic mass is 9.87. The van der Waals surface area contributed by atoms with E-state index < -0.39 is 11.7 Å². The second-order valence-electron chi connectivity index (χ2n) is 12.9. The van der Waals surface area contributed by atoms with Crippen LogP contribution in [0.4, 0.5) is 13.2 Å². The molecule has 0 atom stereocenters. The third-order valence-electron chi connectivity index (χ3n) is 8.56. The highest BCUT2D eigenvalue weighted by atomic mass is 19.4. The van der Waals surface area contributed by atoms with E-state index in [0.29, 0.717) is 33.7 Å². The molecule has 0 aliphatic heterocycles. The van der Waals surface area contributed by atoms with Gasteiger partial charge in [-0.25, -0.2) is 4.98 Å². The number of hydrogen-bond donors (Lipinski definition) is 1. The highest BCUT2D eigenvalue weighted by molar-refractivity contribution is 5.99. The summed E-state index contributed by atoms with van der Waals surface area (Å²) >= 11 is 0. The smallest absolute Gasteiger partial charge is 0.416 e. The number of phenolic OH excluding ortho intramolecular Hbond substituents is 1. The van der Waals surface area contributed by atoms with Gasteiger partial charge in [0.25, 0.3) is 0 Å². The second kappa shape index (κ2) is 11.1. The zero-order valence-corrected chi connectivity index (χ0v) is 26.4. The molecule has 0 amide bonds. The predicted molar refractivity (Wildman–Crippen MR) is 183 cm³/mol. The molecule has 234 valence electrons. The van der Waals surface area contributed by atoms with Gasteiger partial charge in [0.15, 0.2) is 0 Å². The summed E-state index contributed by atoms with van der Waals surface area (Å²) in [6, 6.07) is 32.3. The van der Waals surface area contributed by atoms with Crippen molar-refractivity contribution < 1.29 is 18.3 Å². The number of fused-ring (bicyclic) bond motifs is 2. The predicted octanol–water partition coefficient (Wildman–Crippen LogP) is 10.9. The Bertz CT molecular complexity index is 2290. The maximum atomic E-state index is 14.6. The number of pyridine rings is 1. The maximum absolute atomic E-state index is 14.6. The lowest BCUT2D eigenvalue weighted by Gasteiger charge is -2.20. The summed E-state index contributed by atoms with van der Waals surface area (Å²) in [6.45, 7) is 8.33. The van der Waals surface area contributed by atoms with E-state index in [2.05, 4.69) is 31.8 Å². The highest BCUT2D eigenvalue weighted by Gasteiger charge is 2.33. The largest absolute Gasteiger partial charge is 0.507 e. The molecule has 0 fully saturated rings. The first-order chi connectivity index (χ1) is 22.4. The molecular weight excluding hydrogens is 595 g/mol. The molecule has 0 saturated heterocycles. The summed E-state index contributed by atoms with van der Waals surface area (Å²) in [5, 5.41) is 11.9. The van der Waals surface area contributed by atoms with E-state index >= 15 is 0 Å². The van der Waals surface area contributed by atoms with Gasteiger partial charge in [-0.1, -0.05) is 69.3 Å². The molecule has 0 saturated carbocycles. The number of nitrogens with zero attached hydrogens (tertiary/aromatic N) is 3. The third kappa shape index (κ3) is 5.52. The number of phenols is 1. The van der Waals surface area contributed by atoms with Crippen LogP contribution in [0.3, 0.4) is 0 Å². The van der Waals surface area contributed by atoms with Gasteiger partial charge in [0.2, 0.25) is 0 Å². The number of para-hydroxylation sites is 1. The Balaban J connectivity index is 1.53. The van der Waals surface area contributed by atoms with Crippen LogP contribution in [0.2, 0.25) is 0 Å². The standard InChI is InChI=1S/C40H32F3N3O/c1-24-19-27-11-8-18-44-36(27)32(20-24)25-9-7-10-26(21-25)33-22-29(40(41,42)43)23-34-37(33)45-38(31-12-5-6-13-35(31)47)46(34)30-16-14-28(15-17-30)39(2,3)4/h5-23,47H,1-4H3. The number of halogens is 3. The Morgan fingerprint density at radius 2 is 1.36 bits per heavy atom. The number of aromatic nitrogens is 3. The molecule has 2 heterocycles. The molecule has 1 N–H and O–H groups in total. The van der Waals surface area contributed by atoms with Crippen LogP contribution in [0.5, 0.6) is 5.75 Å². The first kappa shape index (κ1) is 30.2. The van der Waals surface area contributed by atoms with Crippen LogP contribution in [0.15, 0.2) is 115 Å². The monoisotopic (exact) mass is 627 g/mol. The molecule has 7 aromatic rings. The molecule has 47 heavy (non-hydrogen) atoms.